The van der Waals surface area contributed by atoms with Crippen molar-refractivity contribution in [1.29, 1.82) is 0 Å². The number of anilines is 1. The minimum absolute atomic E-state index is 0.0165. The molecule has 2 aliphatic rings. The Morgan fingerprint density at radius 1 is 1.13 bits per heavy atom. The van der Waals surface area contributed by atoms with E-state index in [-0.39, 0.29) is 41.7 Å². The average molecular weight is 455 g/mol. The number of carbonyl (C=O) groups is 2. The number of sulfone groups is 1. The first kappa shape index (κ1) is 23.5. The maximum atomic E-state index is 14.3. The van der Waals surface area contributed by atoms with Gasteiger partial charge in [0.05, 0.1) is 17.2 Å². The standard InChI is InChI=1S/C21H31FN4O4S/c1-16(17-5-6-18(22)19(13-17)25-10-7-23-8-11-25)15-31(29,30)12-4-2-3-9-26-14-20(27)24-21(26)28/h5-6,13,16,23H,2-4,7-12,14-15H2,1H3,(H,24,27,28)/t16-/m0/s1. The van der Waals surface area contributed by atoms with Gasteiger partial charge in [0.2, 0.25) is 5.91 Å². The fraction of sp³-hybridized carbons (Fsp3) is 0.619. The monoisotopic (exact) mass is 454 g/mol. The zero-order valence-electron chi connectivity index (χ0n) is 17.9. The summed E-state index contributed by atoms with van der Waals surface area (Å²) in [5, 5.41) is 5.46. The van der Waals surface area contributed by atoms with E-state index in [0.717, 1.165) is 31.7 Å². The van der Waals surface area contributed by atoms with Crippen LogP contribution in [-0.4, -0.2) is 76.0 Å². The molecule has 0 aromatic heterocycles. The lowest BCUT2D eigenvalue weighted by molar-refractivity contribution is -0.118. The normalized spacial score (nSPS) is 18.4. The number of piperazine rings is 1. The predicted molar refractivity (Wildman–Crippen MR) is 118 cm³/mol. The van der Waals surface area contributed by atoms with Crippen LogP contribution in [0.4, 0.5) is 14.9 Å². The van der Waals surface area contributed by atoms with Crippen molar-refractivity contribution < 1.29 is 22.4 Å². The Balaban J connectivity index is 1.47. The van der Waals surface area contributed by atoms with E-state index in [0.29, 0.717) is 31.5 Å². The molecular weight excluding hydrogens is 423 g/mol. The number of amides is 3. The second-order valence-corrected chi connectivity index (χ2v) is 10.5. The summed E-state index contributed by atoms with van der Waals surface area (Å²) in [6.07, 6.45) is 1.82. The summed E-state index contributed by atoms with van der Waals surface area (Å²) in [4.78, 5) is 26.1. The van der Waals surface area contributed by atoms with Crippen molar-refractivity contribution in [2.75, 3.05) is 55.7 Å². The second-order valence-electron chi connectivity index (χ2n) is 8.30. The summed E-state index contributed by atoms with van der Waals surface area (Å²) in [7, 11) is -3.26. The third-order valence-corrected chi connectivity index (χ3v) is 7.67. The van der Waals surface area contributed by atoms with Gasteiger partial charge in [0.25, 0.3) is 0 Å². The lowest BCUT2D eigenvalue weighted by Crippen LogP contribution is -2.43. The van der Waals surface area contributed by atoms with Gasteiger partial charge in [0.15, 0.2) is 9.84 Å². The molecule has 0 saturated carbocycles. The van der Waals surface area contributed by atoms with Crippen molar-refractivity contribution in [3.8, 4) is 0 Å². The minimum Gasteiger partial charge on any atom is -0.367 e. The number of hydrogen-bond donors (Lipinski definition) is 2. The van der Waals surface area contributed by atoms with Gasteiger partial charge in [-0.05, 0) is 36.5 Å². The summed E-state index contributed by atoms with van der Waals surface area (Å²) >= 11 is 0. The SMILES string of the molecule is C[C@@H](CS(=O)(=O)CCCCCN1CC(=O)NC1=O)c1ccc(F)c(N2CCNCC2)c1. The van der Waals surface area contributed by atoms with Crippen molar-refractivity contribution in [1.82, 2.24) is 15.5 Å². The van der Waals surface area contributed by atoms with Gasteiger partial charge in [-0.25, -0.2) is 17.6 Å². The minimum atomic E-state index is -3.26. The van der Waals surface area contributed by atoms with Crippen molar-refractivity contribution in [3.63, 3.8) is 0 Å². The first-order chi connectivity index (χ1) is 14.7. The van der Waals surface area contributed by atoms with Crippen molar-refractivity contribution in [3.05, 3.63) is 29.6 Å². The number of rotatable bonds is 10. The highest BCUT2D eigenvalue weighted by Gasteiger charge is 2.26. The molecule has 2 saturated heterocycles. The van der Waals surface area contributed by atoms with Crippen LogP contribution in [0.15, 0.2) is 18.2 Å². The molecule has 0 spiro atoms. The predicted octanol–water partition coefficient (Wildman–Crippen LogP) is 1.48. The number of benzene rings is 1. The summed E-state index contributed by atoms with van der Waals surface area (Å²) in [6, 6.07) is 4.49. The molecule has 2 N–H and O–H groups in total. The molecule has 1 aromatic carbocycles. The zero-order chi connectivity index (χ0) is 22.4. The van der Waals surface area contributed by atoms with E-state index in [1.165, 1.54) is 11.0 Å². The van der Waals surface area contributed by atoms with Gasteiger partial charge in [-0.1, -0.05) is 19.4 Å². The van der Waals surface area contributed by atoms with E-state index in [1.54, 1.807) is 12.1 Å². The van der Waals surface area contributed by atoms with Gasteiger partial charge in [-0.3, -0.25) is 10.1 Å². The molecule has 0 radical (unpaired) electrons. The highest BCUT2D eigenvalue weighted by atomic mass is 32.2. The van der Waals surface area contributed by atoms with Gasteiger partial charge < -0.3 is 15.1 Å². The highest BCUT2D eigenvalue weighted by molar-refractivity contribution is 7.91. The van der Waals surface area contributed by atoms with E-state index < -0.39 is 9.84 Å². The molecule has 1 aromatic rings. The Bertz CT molecular complexity index is 903. The van der Waals surface area contributed by atoms with Gasteiger partial charge in [0.1, 0.15) is 12.4 Å². The Hall–Kier alpha value is -2.20. The molecule has 172 valence electrons. The Kier molecular flexibility index (Phi) is 7.88. The van der Waals surface area contributed by atoms with Crippen LogP contribution in [0.1, 0.15) is 37.7 Å². The number of unbranched alkanes of at least 4 members (excludes halogenated alkanes) is 2. The maximum Gasteiger partial charge on any atom is 0.324 e. The summed E-state index contributed by atoms with van der Waals surface area (Å²) in [5.41, 5.74) is 1.36. The van der Waals surface area contributed by atoms with Gasteiger partial charge >= 0.3 is 6.03 Å². The molecule has 2 aliphatic heterocycles. The molecule has 10 heteroatoms. The summed E-state index contributed by atoms with van der Waals surface area (Å²) < 4.78 is 39.5. The molecule has 3 amide bonds. The van der Waals surface area contributed by atoms with Gasteiger partial charge in [-0.2, -0.15) is 0 Å². The smallest absolute Gasteiger partial charge is 0.324 e. The largest absolute Gasteiger partial charge is 0.367 e. The molecule has 31 heavy (non-hydrogen) atoms. The average Bonchev–Trinajstić information content (AvgIpc) is 3.05. The van der Waals surface area contributed by atoms with Crippen LogP contribution in [0.3, 0.4) is 0 Å². The third kappa shape index (κ3) is 6.64. The second kappa shape index (κ2) is 10.4. The third-order valence-electron chi connectivity index (χ3n) is 5.75. The van der Waals surface area contributed by atoms with E-state index in [4.69, 9.17) is 0 Å². The topological polar surface area (TPSA) is 98.8 Å². The first-order valence-electron chi connectivity index (χ1n) is 10.8. The van der Waals surface area contributed by atoms with Crippen LogP contribution in [0, 0.1) is 5.82 Å². The molecule has 2 heterocycles. The molecule has 8 nitrogen and oxygen atoms in total. The molecule has 1 atom stereocenters. The van der Waals surface area contributed by atoms with E-state index in [9.17, 15) is 22.4 Å². The quantitative estimate of drug-likeness (QED) is 0.410. The number of nitrogens with zero attached hydrogens (tertiary/aromatic N) is 2. The Labute approximate surface area is 183 Å². The van der Waals surface area contributed by atoms with E-state index >= 15 is 0 Å². The van der Waals surface area contributed by atoms with E-state index in [2.05, 4.69) is 10.6 Å². The number of hydrogen-bond acceptors (Lipinski definition) is 6. The fourth-order valence-corrected chi connectivity index (χ4v) is 5.77. The number of urea groups is 1. The lowest BCUT2D eigenvalue weighted by atomic mass is 10.0. The first-order valence-corrected chi connectivity index (χ1v) is 12.6. The molecular formula is C21H31FN4O4S. The molecule has 0 bridgehead atoms. The molecule has 0 aliphatic carbocycles. The molecule has 0 unspecified atom stereocenters. The van der Waals surface area contributed by atoms with Gasteiger partial charge in [-0.15, -0.1) is 0 Å². The van der Waals surface area contributed by atoms with Crippen LogP contribution < -0.4 is 15.5 Å². The van der Waals surface area contributed by atoms with E-state index in [1.807, 2.05) is 11.8 Å². The van der Waals surface area contributed by atoms with Crippen LogP contribution >= 0.6 is 0 Å². The number of imide groups is 1. The summed E-state index contributed by atoms with van der Waals surface area (Å²) in [5.74, 6) is -0.722. The van der Waals surface area contributed by atoms with Crippen molar-refractivity contribution in [2.24, 2.45) is 0 Å². The number of carbonyl (C=O) groups excluding carboxylic acids is 2. The number of halogens is 1. The van der Waals surface area contributed by atoms with Crippen LogP contribution in [0.2, 0.25) is 0 Å². The van der Waals surface area contributed by atoms with Crippen LogP contribution in [0.5, 0.6) is 0 Å². The van der Waals surface area contributed by atoms with Crippen molar-refractivity contribution in [2.45, 2.75) is 32.1 Å². The summed E-state index contributed by atoms with van der Waals surface area (Å²) in [6.45, 7) is 5.41. The van der Waals surface area contributed by atoms with Crippen LogP contribution in [0.25, 0.3) is 0 Å². The Morgan fingerprint density at radius 3 is 2.55 bits per heavy atom. The molecule has 2 fully saturated rings. The number of nitrogens with one attached hydrogen (secondary N) is 2. The lowest BCUT2D eigenvalue weighted by Gasteiger charge is -2.30. The van der Waals surface area contributed by atoms with Crippen molar-refractivity contribution >= 4 is 27.5 Å². The Morgan fingerprint density at radius 2 is 1.87 bits per heavy atom. The maximum absolute atomic E-state index is 14.3. The zero-order valence-corrected chi connectivity index (χ0v) is 18.7. The van der Waals surface area contributed by atoms with Crippen LogP contribution in [-0.2, 0) is 14.6 Å². The highest BCUT2D eigenvalue weighted by Crippen LogP contribution is 2.26. The van der Waals surface area contributed by atoms with Gasteiger partial charge in [0, 0.05) is 32.7 Å². The fourth-order valence-electron chi connectivity index (χ4n) is 4.01. The molecule has 3 rings (SSSR count).